The van der Waals surface area contributed by atoms with Gasteiger partial charge < -0.3 is 9.88 Å². The van der Waals surface area contributed by atoms with Crippen molar-refractivity contribution < 1.29 is 0 Å². The molecular weight excluding hydrogens is 302 g/mol. The summed E-state index contributed by atoms with van der Waals surface area (Å²) in [5.41, 5.74) is 2.49. The summed E-state index contributed by atoms with van der Waals surface area (Å²) in [7, 11) is 0. The van der Waals surface area contributed by atoms with Gasteiger partial charge in [-0.15, -0.1) is 0 Å². The molecular formula is C15H20BrN3. The Morgan fingerprint density at radius 2 is 2.32 bits per heavy atom. The van der Waals surface area contributed by atoms with Gasteiger partial charge in [-0.1, -0.05) is 22.9 Å². The molecule has 2 aromatic rings. The molecule has 3 nitrogen and oxygen atoms in total. The van der Waals surface area contributed by atoms with E-state index in [0.717, 1.165) is 29.6 Å². The molecule has 1 atom stereocenters. The molecule has 1 fully saturated rings. The van der Waals surface area contributed by atoms with Crippen LogP contribution in [-0.4, -0.2) is 22.6 Å². The first kappa shape index (κ1) is 13.1. The van der Waals surface area contributed by atoms with Crippen LogP contribution in [0.3, 0.4) is 0 Å². The van der Waals surface area contributed by atoms with E-state index >= 15 is 0 Å². The quantitative estimate of drug-likeness (QED) is 0.918. The molecule has 1 saturated heterocycles. The molecule has 4 heteroatoms. The molecule has 1 aliphatic heterocycles. The van der Waals surface area contributed by atoms with Gasteiger partial charge in [0.2, 0.25) is 0 Å². The van der Waals surface area contributed by atoms with Gasteiger partial charge in [-0.2, -0.15) is 0 Å². The van der Waals surface area contributed by atoms with Crippen LogP contribution in [0.15, 0.2) is 22.7 Å². The molecule has 0 saturated carbocycles. The zero-order chi connectivity index (χ0) is 13.5. The van der Waals surface area contributed by atoms with Crippen molar-refractivity contribution in [1.29, 1.82) is 0 Å². The van der Waals surface area contributed by atoms with Crippen molar-refractivity contribution in [2.45, 2.75) is 38.6 Å². The fourth-order valence-corrected chi connectivity index (χ4v) is 3.48. The first-order valence-corrected chi connectivity index (χ1v) is 7.80. The number of rotatable bonds is 2. The maximum absolute atomic E-state index is 4.93. The second-order valence-electron chi connectivity index (χ2n) is 5.65. The van der Waals surface area contributed by atoms with Gasteiger partial charge in [0.15, 0.2) is 0 Å². The number of halogens is 1. The molecule has 1 unspecified atom stereocenters. The fraction of sp³-hybridized carbons (Fsp3) is 0.533. The van der Waals surface area contributed by atoms with Crippen LogP contribution < -0.4 is 5.32 Å². The van der Waals surface area contributed by atoms with E-state index in [1.54, 1.807) is 0 Å². The molecule has 0 bridgehead atoms. The van der Waals surface area contributed by atoms with Crippen LogP contribution in [0.5, 0.6) is 0 Å². The normalized spacial score (nSPS) is 23.9. The van der Waals surface area contributed by atoms with E-state index < -0.39 is 0 Å². The number of hydrogen-bond donors (Lipinski definition) is 1. The van der Waals surface area contributed by atoms with E-state index in [4.69, 9.17) is 4.98 Å². The third-order valence-corrected chi connectivity index (χ3v) is 4.66. The molecule has 2 heterocycles. The number of nitrogens with one attached hydrogen (secondary N) is 1. The number of aryl methyl sites for hydroxylation is 1. The molecule has 0 amide bonds. The lowest BCUT2D eigenvalue weighted by Gasteiger charge is -2.33. The number of piperidine rings is 1. The highest BCUT2D eigenvalue weighted by atomic mass is 79.9. The molecule has 1 aromatic heterocycles. The van der Waals surface area contributed by atoms with Crippen LogP contribution in [0.25, 0.3) is 11.0 Å². The molecule has 102 valence electrons. The lowest BCUT2D eigenvalue weighted by atomic mass is 9.82. The van der Waals surface area contributed by atoms with Gasteiger partial charge in [-0.3, -0.25) is 0 Å². The fourth-order valence-electron chi connectivity index (χ4n) is 3.13. The average molecular weight is 322 g/mol. The van der Waals surface area contributed by atoms with Crippen molar-refractivity contribution in [3.8, 4) is 0 Å². The van der Waals surface area contributed by atoms with Gasteiger partial charge in [0, 0.05) is 23.0 Å². The summed E-state index contributed by atoms with van der Waals surface area (Å²) in [6.45, 7) is 7.67. The van der Waals surface area contributed by atoms with Crippen LogP contribution in [0.2, 0.25) is 0 Å². The first-order chi connectivity index (χ1) is 9.14. The van der Waals surface area contributed by atoms with Crippen LogP contribution in [0.4, 0.5) is 0 Å². The highest BCUT2D eigenvalue weighted by molar-refractivity contribution is 9.10. The van der Waals surface area contributed by atoms with Crippen molar-refractivity contribution in [2.75, 3.05) is 13.1 Å². The van der Waals surface area contributed by atoms with Gasteiger partial charge in [-0.25, -0.2) is 4.98 Å². The smallest absolute Gasteiger partial charge is 0.117 e. The number of fused-ring (bicyclic) bond motifs is 1. The van der Waals surface area contributed by atoms with Crippen LogP contribution in [0.1, 0.15) is 32.5 Å². The van der Waals surface area contributed by atoms with Gasteiger partial charge in [0.25, 0.3) is 0 Å². The minimum absolute atomic E-state index is 0.153. The van der Waals surface area contributed by atoms with E-state index in [0.29, 0.717) is 0 Å². The van der Waals surface area contributed by atoms with Crippen LogP contribution >= 0.6 is 15.9 Å². The molecule has 0 spiro atoms. The van der Waals surface area contributed by atoms with Gasteiger partial charge in [0.1, 0.15) is 5.82 Å². The Balaban J connectivity index is 2.17. The Labute approximate surface area is 122 Å². The SMILES string of the molecule is CCn1c(C2(C)CCCNC2)nc2cc(Br)ccc21. The molecule has 0 radical (unpaired) electrons. The van der Waals surface area contributed by atoms with Crippen molar-refractivity contribution in [3.63, 3.8) is 0 Å². The minimum Gasteiger partial charge on any atom is -0.328 e. The van der Waals surface area contributed by atoms with E-state index in [1.165, 1.54) is 24.2 Å². The number of benzene rings is 1. The standard InChI is InChI=1S/C15H20BrN3/c1-3-19-13-6-5-11(16)9-12(13)18-14(19)15(2)7-4-8-17-10-15/h5-6,9,17H,3-4,7-8,10H2,1-2H3. The number of nitrogens with zero attached hydrogens (tertiary/aromatic N) is 2. The Morgan fingerprint density at radius 3 is 3.00 bits per heavy atom. The zero-order valence-electron chi connectivity index (χ0n) is 11.5. The summed E-state index contributed by atoms with van der Waals surface area (Å²) < 4.78 is 3.47. The predicted octanol–water partition coefficient (Wildman–Crippen LogP) is 3.46. The highest BCUT2D eigenvalue weighted by Crippen LogP contribution is 2.33. The largest absolute Gasteiger partial charge is 0.328 e. The van der Waals surface area contributed by atoms with Crippen molar-refractivity contribution >= 4 is 27.0 Å². The third kappa shape index (κ3) is 2.21. The summed E-state index contributed by atoms with van der Waals surface area (Å²) in [5, 5.41) is 3.52. The van der Waals surface area contributed by atoms with Crippen molar-refractivity contribution in [2.24, 2.45) is 0 Å². The summed E-state index contributed by atoms with van der Waals surface area (Å²) in [5.74, 6) is 1.23. The summed E-state index contributed by atoms with van der Waals surface area (Å²) >= 11 is 3.54. The first-order valence-electron chi connectivity index (χ1n) is 7.01. The maximum Gasteiger partial charge on any atom is 0.117 e. The third-order valence-electron chi connectivity index (χ3n) is 4.16. The summed E-state index contributed by atoms with van der Waals surface area (Å²) in [6, 6.07) is 6.38. The average Bonchev–Trinajstić information content (AvgIpc) is 2.78. The zero-order valence-corrected chi connectivity index (χ0v) is 13.1. The Kier molecular flexibility index (Phi) is 3.39. The van der Waals surface area contributed by atoms with Crippen molar-refractivity contribution in [3.05, 3.63) is 28.5 Å². The Morgan fingerprint density at radius 1 is 1.47 bits per heavy atom. The van der Waals surface area contributed by atoms with Gasteiger partial charge >= 0.3 is 0 Å². The van der Waals surface area contributed by atoms with Crippen LogP contribution in [0, 0.1) is 0 Å². The van der Waals surface area contributed by atoms with Crippen molar-refractivity contribution in [1.82, 2.24) is 14.9 Å². The highest BCUT2D eigenvalue weighted by Gasteiger charge is 2.33. The minimum atomic E-state index is 0.153. The second kappa shape index (κ2) is 4.91. The summed E-state index contributed by atoms with van der Waals surface area (Å²) in [6.07, 6.45) is 2.44. The molecule has 0 aliphatic carbocycles. The van der Waals surface area contributed by atoms with E-state index in [2.05, 4.69) is 57.9 Å². The monoisotopic (exact) mass is 321 g/mol. The molecule has 19 heavy (non-hydrogen) atoms. The van der Waals surface area contributed by atoms with Gasteiger partial charge in [-0.05, 0) is 44.5 Å². The Bertz CT molecular complexity index is 597. The number of hydrogen-bond acceptors (Lipinski definition) is 2. The number of aromatic nitrogens is 2. The van der Waals surface area contributed by atoms with E-state index in [1.807, 2.05) is 0 Å². The molecule has 1 aromatic carbocycles. The van der Waals surface area contributed by atoms with E-state index in [9.17, 15) is 0 Å². The molecule has 1 N–H and O–H groups in total. The van der Waals surface area contributed by atoms with Crippen LogP contribution in [-0.2, 0) is 12.0 Å². The lowest BCUT2D eigenvalue weighted by Crippen LogP contribution is -2.42. The molecule has 1 aliphatic rings. The molecule has 3 rings (SSSR count). The number of imidazole rings is 1. The topological polar surface area (TPSA) is 29.9 Å². The van der Waals surface area contributed by atoms with Gasteiger partial charge in [0.05, 0.1) is 11.0 Å². The second-order valence-corrected chi connectivity index (χ2v) is 6.57. The Hall–Kier alpha value is -0.870. The summed E-state index contributed by atoms with van der Waals surface area (Å²) in [4.78, 5) is 4.93. The maximum atomic E-state index is 4.93. The predicted molar refractivity (Wildman–Crippen MR) is 82.6 cm³/mol. The van der Waals surface area contributed by atoms with E-state index in [-0.39, 0.29) is 5.41 Å². The lowest BCUT2D eigenvalue weighted by molar-refractivity contribution is 0.315.